The number of rotatable bonds is 3. The topological polar surface area (TPSA) is 29.1 Å². The lowest BCUT2D eigenvalue weighted by molar-refractivity contribution is -0.121. The summed E-state index contributed by atoms with van der Waals surface area (Å²) in [4.78, 5) is 12.1. The summed E-state index contributed by atoms with van der Waals surface area (Å²) in [6, 6.07) is 8.02. The van der Waals surface area contributed by atoms with Crippen LogP contribution in [0.25, 0.3) is 0 Å². The molecule has 2 rings (SSSR count). The summed E-state index contributed by atoms with van der Waals surface area (Å²) in [6.07, 6.45) is 5.78. The Hall–Kier alpha value is -1.31. The number of hydrogen-bond acceptors (Lipinski definition) is 1. The number of carbonyl (C=O) groups is 1. The average molecular weight is 245 g/mol. The highest BCUT2D eigenvalue weighted by Gasteiger charge is 2.25. The zero-order chi connectivity index (χ0) is 13.0. The number of amides is 1. The first-order valence-electron chi connectivity index (χ1n) is 7.06. The van der Waals surface area contributed by atoms with E-state index in [1.807, 2.05) is 24.3 Å². The van der Waals surface area contributed by atoms with Crippen molar-refractivity contribution in [1.82, 2.24) is 0 Å². The Bertz CT molecular complexity index is 388. The summed E-state index contributed by atoms with van der Waals surface area (Å²) in [6.45, 7) is 4.30. The SMILES string of the molecule is CCC1CCC(C(=O)Nc2ccc(C)cc2)CC1. The predicted octanol–water partition coefficient (Wildman–Crippen LogP) is 4.15. The van der Waals surface area contributed by atoms with Crippen LogP contribution in [0.4, 0.5) is 5.69 Å². The molecule has 98 valence electrons. The zero-order valence-corrected chi connectivity index (χ0v) is 11.4. The Morgan fingerprint density at radius 2 is 1.78 bits per heavy atom. The number of hydrogen-bond donors (Lipinski definition) is 1. The number of carbonyl (C=O) groups excluding carboxylic acids is 1. The molecule has 1 N–H and O–H groups in total. The third-order valence-corrected chi connectivity index (χ3v) is 4.11. The Labute approximate surface area is 110 Å². The summed E-state index contributed by atoms with van der Waals surface area (Å²) in [7, 11) is 0. The molecule has 0 unspecified atom stereocenters. The minimum atomic E-state index is 0.202. The Morgan fingerprint density at radius 1 is 1.17 bits per heavy atom. The van der Waals surface area contributed by atoms with E-state index in [1.54, 1.807) is 0 Å². The molecule has 0 heterocycles. The quantitative estimate of drug-likeness (QED) is 0.851. The van der Waals surface area contributed by atoms with Gasteiger partial charge in [0.15, 0.2) is 0 Å². The van der Waals surface area contributed by atoms with E-state index in [0.717, 1.165) is 24.4 Å². The number of benzene rings is 1. The van der Waals surface area contributed by atoms with Crippen molar-refractivity contribution >= 4 is 11.6 Å². The van der Waals surface area contributed by atoms with Crippen molar-refractivity contribution < 1.29 is 4.79 Å². The van der Waals surface area contributed by atoms with Gasteiger partial charge in [0.05, 0.1) is 0 Å². The van der Waals surface area contributed by atoms with Crippen LogP contribution in [0.2, 0.25) is 0 Å². The van der Waals surface area contributed by atoms with E-state index in [4.69, 9.17) is 0 Å². The molecule has 18 heavy (non-hydrogen) atoms. The van der Waals surface area contributed by atoms with Gasteiger partial charge in [-0.1, -0.05) is 31.0 Å². The van der Waals surface area contributed by atoms with Gasteiger partial charge >= 0.3 is 0 Å². The van der Waals surface area contributed by atoms with Gasteiger partial charge in [0.25, 0.3) is 0 Å². The smallest absolute Gasteiger partial charge is 0.227 e. The van der Waals surface area contributed by atoms with Gasteiger partial charge in [-0.25, -0.2) is 0 Å². The lowest BCUT2D eigenvalue weighted by Crippen LogP contribution is -2.27. The van der Waals surface area contributed by atoms with Gasteiger partial charge in [0, 0.05) is 11.6 Å². The molecule has 1 saturated carbocycles. The first kappa shape index (κ1) is 13.1. The number of anilines is 1. The number of nitrogens with one attached hydrogen (secondary N) is 1. The second kappa shape index (κ2) is 6.03. The van der Waals surface area contributed by atoms with Crippen molar-refractivity contribution in [2.45, 2.75) is 46.0 Å². The van der Waals surface area contributed by atoms with Crippen molar-refractivity contribution in [2.24, 2.45) is 11.8 Å². The molecule has 1 aromatic rings. The predicted molar refractivity (Wildman–Crippen MR) is 75.5 cm³/mol. The van der Waals surface area contributed by atoms with Crippen LogP contribution in [0.15, 0.2) is 24.3 Å². The summed E-state index contributed by atoms with van der Waals surface area (Å²) in [5.41, 5.74) is 2.14. The second-order valence-electron chi connectivity index (χ2n) is 5.48. The first-order valence-corrected chi connectivity index (χ1v) is 7.06. The molecule has 1 amide bonds. The molecule has 0 atom stereocenters. The van der Waals surface area contributed by atoms with Gasteiger partial charge < -0.3 is 5.32 Å². The van der Waals surface area contributed by atoms with Crippen LogP contribution in [-0.2, 0) is 4.79 Å². The minimum absolute atomic E-state index is 0.202. The summed E-state index contributed by atoms with van der Waals surface area (Å²) >= 11 is 0. The molecule has 0 spiro atoms. The fourth-order valence-electron chi connectivity index (χ4n) is 2.71. The van der Waals surface area contributed by atoms with E-state index in [0.29, 0.717) is 0 Å². The van der Waals surface area contributed by atoms with Crippen LogP contribution in [-0.4, -0.2) is 5.91 Å². The van der Waals surface area contributed by atoms with Crippen molar-refractivity contribution in [1.29, 1.82) is 0 Å². The fourth-order valence-corrected chi connectivity index (χ4v) is 2.71. The molecular formula is C16H23NO. The molecule has 2 heteroatoms. The van der Waals surface area contributed by atoms with Crippen LogP contribution in [0, 0.1) is 18.8 Å². The van der Waals surface area contributed by atoms with Gasteiger partial charge in [-0.05, 0) is 50.7 Å². The largest absolute Gasteiger partial charge is 0.326 e. The highest BCUT2D eigenvalue weighted by atomic mass is 16.1. The molecule has 1 fully saturated rings. The van der Waals surface area contributed by atoms with E-state index in [-0.39, 0.29) is 11.8 Å². The second-order valence-corrected chi connectivity index (χ2v) is 5.48. The van der Waals surface area contributed by atoms with Crippen LogP contribution in [0.5, 0.6) is 0 Å². The van der Waals surface area contributed by atoms with Crippen LogP contribution < -0.4 is 5.32 Å². The van der Waals surface area contributed by atoms with E-state index >= 15 is 0 Å². The van der Waals surface area contributed by atoms with Crippen molar-refractivity contribution in [3.05, 3.63) is 29.8 Å². The highest BCUT2D eigenvalue weighted by Crippen LogP contribution is 2.31. The molecule has 2 nitrogen and oxygen atoms in total. The lowest BCUT2D eigenvalue weighted by Gasteiger charge is -2.26. The maximum atomic E-state index is 12.1. The molecule has 1 aliphatic rings. The Balaban J connectivity index is 1.87. The molecule has 0 radical (unpaired) electrons. The monoisotopic (exact) mass is 245 g/mol. The summed E-state index contributed by atoms with van der Waals surface area (Å²) in [5.74, 6) is 1.26. The van der Waals surface area contributed by atoms with Crippen molar-refractivity contribution in [3.63, 3.8) is 0 Å². The van der Waals surface area contributed by atoms with Gasteiger partial charge in [0.1, 0.15) is 0 Å². The van der Waals surface area contributed by atoms with Crippen LogP contribution in [0.3, 0.4) is 0 Å². The van der Waals surface area contributed by atoms with E-state index in [2.05, 4.69) is 19.2 Å². The lowest BCUT2D eigenvalue weighted by atomic mass is 9.80. The standard InChI is InChI=1S/C16H23NO/c1-3-13-6-8-14(9-7-13)16(18)17-15-10-4-12(2)5-11-15/h4-5,10-11,13-14H,3,6-9H2,1-2H3,(H,17,18). The highest BCUT2D eigenvalue weighted by molar-refractivity contribution is 5.92. The Kier molecular flexibility index (Phi) is 4.40. The van der Waals surface area contributed by atoms with E-state index in [9.17, 15) is 4.79 Å². The molecule has 1 aromatic carbocycles. The fraction of sp³-hybridized carbons (Fsp3) is 0.562. The first-order chi connectivity index (χ1) is 8.69. The minimum Gasteiger partial charge on any atom is -0.326 e. The third-order valence-electron chi connectivity index (χ3n) is 4.11. The van der Waals surface area contributed by atoms with E-state index in [1.165, 1.54) is 24.8 Å². The molecule has 0 bridgehead atoms. The normalized spacial score (nSPS) is 23.7. The zero-order valence-electron chi connectivity index (χ0n) is 11.4. The van der Waals surface area contributed by atoms with E-state index < -0.39 is 0 Å². The number of aryl methyl sites for hydroxylation is 1. The van der Waals surface area contributed by atoms with Crippen molar-refractivity contribution in [3.8, 4) is 0 Å². The third kappa shape index (κ3) is 3.34. The maximum absolute atomic E-state index is 12.1. The molecule has 0 saturated heterocycles. The molecule has 0 aliphatic heterocycles. The van der Waals surface area contributed by atoms with Crippen LogP contribution >= 0.6 is 0 Å². The van der Waals surface area contributed by atoms with Gasteiger partial charge in [0.2, 0.25) is 5.91 Å². The molecule has 0 aromatic heterocycles. The maximum Gasteiger partial charge on any atom is 0.227 e. The van der Waals surface area contributed by atoms with Gasteiger partial charge in [-0.15, -0.1) is 0 Å². The Morgan fingerprint density at radius 3 is 2.33 bits per heavy atom. The summed E-state index contributed by atoms with van der Waals surface area (Å²) in [5, 5.41) is 3.03. The molecular weight excluding hydrogens is 222 g/mol. The van der Waals surface area contributed by atoms with Gasteiger partial charge in [-0.2, -0.15) is 0 Å². The van der Waals surface area contributed by atoms with Crippen LogP contribution in [0.1, 0.15) is 44.6 Å². The molecule has 1 aliphatic carbocycles. The van der Waals surface area contributed by atoms with Gasteiger partial charge in [-0.3, -0.25) is 4.79 Å². The van der Waals surface area contributed by atoms with Crippen molar-refractivity contribution in [2.75, 3.05) is 5.32 Å². The average Bonchev–Trinajstić information content (AvgIpc) is 2.41. The summed E-state index contributed by atoms with van der Waals surface area (Å²) < 4.78 is 0.